The second-order valence-corrected chi connectivity index (χ2v) is 9.88. The summed E-state index contributed by atoms with van der Waals surface area (Å²) in [5, 5.41) is -0.612. The molecule has 0 N–H and O–H groups in total. The van der Waals surface area contributed by atoms with Crippen molar-refractivity contribution in [2.75, 3.05) is 31.6 Å². The molecule has 2 atom stereocenters. The summed E-state index contributed by atoms with van der Waals surface area (Å²) in [4.78, 5) is 29.0. The van der Waals surface area contributed by atoms with Crippen LogP contribution in [0.3, 0.4) is 0 Å². The van der Waals surface area contributed by atoms with Crippen LogP contribution in [-0.4, -0.2) is 57.1 Å². The molecular weight excluding hydrogens is 404 g/mol. The standard InChI is InChI=1S/C22H24N2O5S/c1-29-18-9-7-17(8-10-18)24-14-16(13-21(24)25)22(26)23-12-11-20(15-23)30(27,28)19-5-3-2-4-6-19/h2-10,16,20H,11-15H2,1H3. The van der Waals surface area contributed by atoms with Gasteiger partial charge in [0.2, 0.25) is 11.8 Å². The van der Waals surface area contributed by atoms with E-state index in [-0.39, 0.29) is 29.7 Å². The number of amides is 2. The van der Waals surface area contributed by atoms with E-state index in [9.17, 15) is 18.0 Å². The molecule has 0 bridgehead atoms. The van der Waals surface area contributed by atoms with Crippen molar-refractivity contribution in [2.45, 2.75) is 23.0 Å². The van der Waals surface area contributed by atoms with Gasteiger partial charge in [-0.1, -0.05) is 18.2 Å². The van der Waals surface area contributed by atoms with Crippen molar-refractivity contribution in [3.63, 3.8) is 0 Å². The highest BCUT2D eigenvalue weighted by Gasteiger charge is 2.41. The molecule has 2 fully saturated rings. The van der Waals surface area contributed by atoms with Crippen molar-refractivity contribution in [1.29, 1.82) is 0 Å². The summed E-state index contributed by atoms with van der Waals surface area (Å²) in [6, 6.07) is 15.5. The third kappa shape index (κ3) is 3.79. The summed E-state index contributed by atoms with van der Waals surface area (Å²) >= 11 is 0. The van der Waals surface area contributed by atoms with Crippen LogP contribution in [-0.2, 0) is 19.4 Å². The maximum Gasteiger partial charge on any atom is 0.228 e. The average Bonchev–Trinajstić information content (AvgIpc) is 3.42. The molecule has 2 aliphatic rings. The molecule has 2 aromatic carbocycles. The van der Waals surface area contributed by atoms with Gasteiger partial charge in [0.15, 0.2) is 9.84 Å². The minimum atomic E-state index is -3.48. The highest BCUT2D eigenvalue weighted by atomic mass is 32.2. The number of benzene rings is 2. The minimum Gasteiger partial charge on any atom is -0.497 e. The third-order valence-electron chi connectivity index (χ3n) is 5.83. The number of hydrogen-bond donors (Lipinski definition) is 0. The Morgan fingerprint density at radius 2 is 1.73 bits per heavy atom. The molecule has 2 unspecified atom stereocenters. The van der Waals surface area contributed by atoms with Crippen LogP contribution < -0.4 is 9.64 Å². The van der Waals surface area contributed by atoms with Gasteiger partial charge in [-0.15, -0.1) is 0 Å². The van der Waals surface area contributed by atoms with Crippen LogP contribution in [0.25, 0.3) is 0 Å². The Balaban J connectivity index is 1.42. The second kappa shape index (κ2) is 8.10. The number of nitrogens with zero attached hydrogens (tertiary/aromatic N) is 2. The Hall–Kier alpha value is -2.87. The van der Waals surface area contributed by atoms with Crippen LogP contribution in [0, 0.1) is 5.92 Å². The Bertz CT molecular complexity index is 1040. The van der Waals surface area contributed by atoms with E-state index < -0.39 is 21.0 Å². The van der Waals surface area contributed by atoms with E-state index in [1.54, 1.807) is 71.5 Å². The summed E-state index contributed by atoms with van der Waals surface area (Å²) in [7, 11) is -1.91. The number of methoxy groups -OCH3 is 1. The van der Waals surface area contributed by atoms with Crippen molar-refractivity contribution in [2.24, 2.45) is 5.92 Å². The minimum absolute atomic E-state index is 0.105. The van der Waals surface area contributed by atoms with Gasteiger partial charge < -0.3 is 14.5 Å². The SMILES string of the molecule is COc1ccc(N2CC(C(=O)N3CCC(S(=O)(=O)c4ccccc4)C3)CC2=O)cc1. The lowest BCUT2D eigenvalue weighted by Crippen LogP contribution is -2.37. The average molecular weight is 429 g/mol. The van der Waals surface area contributed by atoms with E-state index in [2.05, 4.69) is 0 Å². The predicted octanol–water partition coefficient (Wildman–Crippen LogP) is 2.12. The van der Waals surface area contributed by atoms with Gasteiger partial charge in [-0.3, -0.25) is 9.59 Å². The summed E-state index contributed by atoms with van der Waals surface area (Å²) in [6.45, 7) is 0.864. The largest absolute Gasteiger partial charge is 0.497 e. The molecule has 0 aliphatic carbocycles. The number of sulfone groups is 1. The zero-order valence-corrected chi connectivity index (χ0v) is 17.5. The van der Waals surface area contributed by atoms with Crippen molar-refractivity contribution >= 4 is 27.3 Å². The first-order valence-corrected chi connectivity index (χ1v) is 11.5. The zero-order chi connectivity index (χ0) is 21.3. The fraction of sp³-hybridized carbons (Fsp3) is 0.364. The van der Waals surface area contributed by atoms with Gasteiger partial charge in [-0.25, -0.2) is 8.42 Å². The highest BCUT2D eigenvalue weighted by molar-refractivity contribution is 7.92. The van der Waals surface area contributed by atoms with Gasteiger partial charge in [0.05, 0.1) is 23.2 Å². The first-order chi connectivity index (χ1) is 14.4. The lowest BCUT2D eigenvalue weighted by atomic mass is 10.1. The maximum atomic E-state index is 13.0. The molecule has 8 heteroatoms. The van der Waals surface area contributed by atoms with Crippen molar-refractivity contribution < 1.29 is 22.7 Å². The van der Waals surface area contributed by atoms with Gasteiger partial charge >= 0.3 is 0 Å². The Morgan fingerprint density at radius 1 is 1.03 bits per heavy atom. The van der Waals surface area contributed by atoms with Gasteiger partial charge in [0, 0.05) is 31.7 Å². The molecule has 158 valence electrons. The summed E-state index contributed by atoms with van der Waals surface area (Å²) in [5.41, 5.74) is 0.724. The number of rotatable bonds is 5. The highest BCUT2D eigenvalue weighted by Crippen LogP contribution is 2.30. The summed E-state index contributed by atoms with van der Waals surface area (Å²) in [5.74, 6) is -0.0187. The van der Waals surface area contributed by atoms with Crippen molar-refractivity contribution in [3.05, 3.63) is 54.6 Å². The first kappa shape index (κ1) is 20.4. The van der Waals surface area contributed by atoms with Crippen LogP contribution in [0.5, 0.6) is 5.75 Å². The molecule has 2 aromatic rings. The lowest BCUT2D eigenvalue weighted by Gasteiger charge is -2.21. The maximum absolute atomic E-state index is 13.0. The van der Waals surface area contributed by atoms with E-state index in [1.807, 2.05) is 0 Å². The number of ether oxygens (including phenoxy) is 1. The number of anilines is 1. The molecule has 4 rings (SSSR count). The molecule has 7 nitrogen and oxygen atoms in total. The molecule has 0 saturated carbocycles. The molecule has 2 aliphatic heterocycles. The number of hydrogen-bond acceptors (Lipinski definition) is 5. The van der Waals surface area contributed by atoms with Crippen LogP contribution in [0.2, 0.25) is 0 Å². The monoisotopic (exact) mass is 428 g/mol. The van der Waals surface area contributed by atoms with Crippen LogP contribution in [0.4, 0.5) is 5.69 Å². The van der Waals surface area contributed by atoms with E-state index in [0.717, 1.165) is 5.69 Å². The van der Waals surface area contributed by atoms with Gasteiger partial charge in [-0.05, 0) is 42.8 Å². The normalized spacial score (nSPS) is 21.8. The molecule has 2 heterocycles. The molecular formula is C22H24N2O5S. The fourth-order valence-electron chi connectivity index (χ4n) is 4.13. The molecule has 2 amide bonds. The van der Waals surface area contributed by atoms with Crippen LogP contribution in [0.15, 0.2) is 59.5 Å². The van der Waals surface area contributed by atoms with Crippen LogP contribution in [0.1, 0.15) is 12.8 Å². The summed E-state index contributed by atoms with van der Waals surface area (Å²) < 4.78 is 30.9. The third-order valence-corrected chi connectivity index (χ3v) is 8.02. The van der Waals surface area contributed by atoms with Gasteiger partial charge in [0.1, 0.15) is 5.75 Å². The van der Waals surface area contributed by atoms with Crippen molar-refractivity contribution in [1.82, 2.24) is 4.90 Å². The molecule has 30 heavy (non-hydrogen) atoms. The van der Waals surface area contributed by atoms with Gasteiger partial charge in [0.25, 0.3) is 0 Å². The number of likely N-dealkylation sites (tertiary alicyclic amines) is 1. The predicted molar refractivity (Wildman–Crippen MR) is 112 cm³/mol. The molecule has 2 saturated heterocycles. The first-order valence-electron chi connectivity index (χ1n) is 9.92. The Labute approximate surface area is 176 Å². The smallest absolute Gasteiger partial charge is 0.228 e. The van der Waals surface area contributed by atoms with Gasteiger partial charge in [-0.2, -0.15) is 0 Å². The zero-order valence-electron chi connectivity index (χ0n) is 16.7. The molecule has 0 spiro atoms. The van der Waals surface area contributed by atoms with E-state index in [4.69, 9.17) is 4.74 Å². The van der Waals surface area contributed by atoms with E-state index in [0.29, 0.717) is 25.3 Å². The Kier molecular flexibility index (Phi) is 5.51. The van der Waals surface area contributed by atoms with Crippen molar-refractivity contribution in [3.8, 4) is 5.75 Å². The van der Waals surface area contributed by atoms with E-state index >= 15 is 0 Å². The number of carbonyl (C=O) groups excluding carboxylic acids is 2. The lowest BCUT2D eigenvalue weighted by molar-refractivity contribution is -0.134. The van der Waals surface area contributed by atoms with E-state index in [1.165, 1.54) is 0 Å². The Morgan fingerprint density at radius 3 is 2.40 bits per heavy atom. The molecule has 0 radical (unpaired) electrons. The molecule has 0 aromatic heterocycles. The van der Waals surface area contributed by atoms with Crippen LogP contribution >= 0.6 is 0 Å². The summed E-state index contributed by atoms with van der Waals surface area (Å²) in [6.07, 6.45) is 0.545. The topological polar surface area (TPSA) is 84.0 Å². The quantitative estimate of drug-likeness (QED) is 0.728. The number of carbonyl (C=O) groups is 2. The second-order valence-electron chi connectivity index (χ2n) is 7.66. The fourth-order valence-corrected chi connectivity index (χ4v) is 5.84.